The number of nitrogens with zero attached hydrogens (tertiary/aromatic N) is 3. The average molecular weight is 345 g/mol. The first-order valence-electron chi connectivity index (χ1n) is 6.76. The summed E-state index contributed by atoms with van der Waals surface area (Å²) in [6.45, 7) is 0. The second kappa shape index (κ2) is 5.15. The van der Waals surface area contributed by atoms with Crippen LogP contribution in [0.3, 0.4) is 0 Å². The molecule has 1 aromatic rings. The molecule has 0 aliphatic carbocycles. The highest BCUT2D eigenvalue weighted by Crippen LogP contribution is 2.61. The van der Waals surface area contributed by atoms with E-state index in [1.54, 1.807) is 36.4 Å². The molecule has 2 aliphatic heterocycles. The Morgan fingerprint density at radius 3 is 2.42 bits per heavy atom. The molecule has 1 aromatic carbocycles. The van der Waals surface area contributed by atoms with Crippen LogP contribution in [0.2, 0.25) is 0 Å². The molecule has 122 valence electrons. The molecule has 10 heteroatoms. The fraction of sp³-hybridized carbons (Fsp3) is 0.286. The van der Waals surface area contributed by atoms with E-state index in [-0.39, 0.29) is 5.45 Å². The second-order valence-electron chi connectivity index (χ2n) is 5.13. The Morgan fingerprint density at radius 1 is 1.21 bits per heavy atom. The molecule has 0 unspecified atom stereocenters. The molecule has 0 radical (unpaired) electrons. The lowest BCUT2D eigenvalue weighted by Crippen LogP contribution is -2.60. The zero-order valence-corrected chi connectivity index (χ0v) is 13.6. The standard InChI is InChI=1S/C14H12N5O4P/c1-22-24(21,23-2)12-14(13(7-15,8-16)19-18-12)9-5-3-4-6-10(9)17-11(14)20/h3-6,19H,1-2H3,(H,17,20)/t14-/m0/s1. The van der Waals surface area contributed by atoms with Crippen LogP contribution in [0.25, 0.3) is 0 Å². The van der Waals surface area contributed by atoms with E-state index < -0.39 is 24.5 Å². The molecule has 9 nitrogen and oxygen atoms in total. The van der Waals surface area contributed by atoms with Gasteiger partial charge in [-0.05, 0) is 6.07 Å². The molecule has 3 rings (SSSR count). The van der Waals surface area contributed by atoms with Crippen molar-refractivity contribution in [1.82, 2.24) is 5.43 Å². The molecule has 0 bridgehead atoms. The molecule has 1 amide bonds. The van der Waals surface area contributed by atoms with E-state index in [4.69, 9.17) is 9.05 Å². The molecular weight excluding hydrogens is 333 g/mol. The van der Waals surface area contributed by atoms with E-state index in [1.165, 1.54) is 0 Å². The van der Waals surface area contributed by atoms with Crippen molar-refractivity contribution < 1.29 is 18.4 Å². The summed E-state index contributed by atoms with van der Waals surface area (Å²) in [4.78, 5) is 12.9. The van der Waals surface area contributed by atoms with Crippen LogP contribution in [-0.4, -0.2) is 31.1 Å². The zero-order chi connectivity index (χ0) is 17.6. The van der Waals surface area contributed by atoms with E-state index in [0.29, 0.717) is 11.3 Å². The minimum absolute atomic E-state index is 0.302. The van der Waals surface area contributed by atoms with Gasteiger partial charge < -0.3 is 14.4 Å². The summed E-state index contributed by atoms with van der Waals surface area (Å²) in [5.41, 5.74) is -1.30. The number of anilines is 1. The van der Waals surface area contributed by atoms with Crippen molar-refractivity contribution in [3.63, 3.8) is 0 Å². The van der Waals surface area contributed by atoms with Crippen LogP contribution in [0.4, 0.5) is 5.69 Å². The third kappa shape index (κ3) is 1.61. The van der Waals surface area contributed by atoms with E-state index in [9.17, 15) is 19.9 Å². The number of benzene rings is 1. The van der Waals surface area contributed by atoms with E-state index >= 15 is 0 Å². The first kappa shape index (κ1) is 16.2. The maximum atomic E-state index is 13.0. The molecular formula is C14H12N5O4P. The van der Waals surface area contributed by atoms with Gasteiger partial charge in [-0.1, -0.05) is 18.2 Å². The van der Waals surface area contributed by atoms with Crippen LogP contribution in [-0.2, 0) is 23.8 Å². The zero-order valence-electron chi connectivity index (χ0n) is 12.7. The fourth-order valence-electron chi connectivity index (χ4n) is 3.08. The highest BCUT2D eigenvalue weighted by molar-refractivity contribution is 7.72. The molecule has 2 aliphatic rings. The van der Waals surface area contributed by atoms with Gasteiger partial charge in [-0.2, -0.15) is 15.6 Å². The molecule has 2 heterocycles. The molecule has 0 aromatic heterocycles. The highest BCUT2D eigenvalue weighted by Gasteiger charge is 2.73. The smallest absolute Gasteiger partial charge is 0.325 e. The quantitative estimate of drug-likeness (QED) is 0.782. The van der Waals surface area contributed by atoms with Gasteiger partial charge in [0.05, 0.1) is 0 Å². The number of rotatable bonds is 3. The molecule has 24 heavy (non-hydrogen) atoms. The summed E-state index contributed by atoms with van der Waals surface area (Å²) in [6, 6.07) is 10.1. The van der Waals surface area contributed by atoms with Gasteiger partial charge in [0, 0.05) is 25.5 Å². The van der Waals surface area contributed by atoms with Crippen molar-refractivity contribution in [2.75, 3.05) is 19.5 Å². The number of nitrogens with one attached hydrogen (secondary N) is 2. The Morgan fingerprint density at radius 2 is 1.83 bits per heavy atom. The monoisotopic (exact) mass is 345 g/mol. The number of hydrogen-bond acceptors (Lipinski definition) is 8. The molecule has 0 fully saturated rings. The minimum atomic E-state index is -4.02. The van der Waals surface area contributed by atoms with Crippen molar-refractivity contribution in [2.24, 2.45) is 5.10 Å². The maximum absolute atomic E-state index is 13.0. The Labute approximate surface area is 137 Å². The summed E-state index contributed by atoms with van der Waals surface area (Å²) >= 11 is 0. The van der Waals surface area contributed by atoms with Crippen molar-refractivity contribution in [3.05, 3.63) is 29.8 Å². The number of amides is 1. The number of nitriles is 2. The average Bonchev–Trinajstić information content (AvgIpc) is 3.12. The van der Waals surface area contributed by atoms with Gasteiger partial charge in [0.25, 0.3) is 5.54 Å². The van der Waals surface area contributed by atoms with Gasteiger partial charge in [0.2, 0.25) is 5.91 Å². The van der Waals surface area contributed by atoms with Crippen LogP contribution >= 0.6 is 7.60 Å². The lowest BCUT2D eigenvalue weighted by Gasteiger charge is -2.32. The van der Waals surface area contributed by atoms with Crippen LogP contribution in [0.1, 0.15) is 5.56 Å². The molecule has 0 saturated carbocycles. The summed E-state index contributed by atoms with van der Waals surface area (Å²) in [6.07, 6.45) is 0. The summed E-state index contributed by atoms with van der Waals surface area (Å²) in [5.74, 6) is -0.704. The lowest BCUT2D eigenvalue weighted by atomic mass is 9.68. The van der Waals surface area contributed by atoms with Crippen LogP contribution < -0.4 is 10.7 Å². The van der Waals surface area contributed by atoms with Crippen molar-refractivity contribution in [1.29, 1.82) is 10.5 Å². The van der Waals surface area contributed by atoms with Gasteiger partial charge in [0.15, 0.2) is 10.9 Å². The largest absolute Gasteiger partial charge is 0.378 e. The Balaban J connectivity index is 2.41. The van der Waals surface area contributed by atoms with Crippen LogP contribution in [0, 0.1) is 22.7 Å². The fourth-order valence-corrected chi connectivity index (χ4v) is 4.55. The number of fused-ring (bicyclic) bond motifs is 2. The summed E-state index contributed by atoms with van der Waals surface area (Å²) < 4.78 is 22.9. The van der Waals surface area contributed by atoms with Gasteiger partial charge in [-0.3, -0.25) is 14.8 Å². The van der Waals surface area contributed by atoms with E-state index in [0.717, 1.165) is 14.2 Å². The highest BCUT2D eigenvalue weighted by atomic mass is 31.2. The van der Waals surface area contributed by atoms with E-state index in [1.807, 2.05) is 0 Å². The normalized spacial score (nSPS) is 23.7. The number of carbonyl (C=O) groups excluding carboxylic acids is 1. The Hall–Kier alpha value is -2.71. The van der Waals surface area contributed by atoms with Gasteiger partial charge in [0.1, 0.15) is 12.1 Å². The number of hydrazone groups is 1. The Kier molecular flexibility index (Phi) is 3.47. The number of carbonyl (C=O) groups is 1. The maximum Gasteiger partial charge on any atom is 0.378 e. The molecule has 1 spiro atoms. The van der Waals surface area contributed by atoms with Crippen LogP contribution in [0.5, 0.6) is 0 Å². The Bertz CT molecular complexity index is 877. The molecule has 1 atom stereocenters. The SMILES string of the molecule is COP(=O)(OC)C1=NNC(C#N)(C#N)[C@@]12C(=O)Nc1ccccc12. The first-order chi connectivity index (χ1) is 11.5. The number of hydrogen-bond donors (Lipinski definition) is 2. The third-order valence-corrected chi connectivity index (χ3v) is 6.14. The van der Waals surface area contributed by atoms with Crippen molar-refractivity contribution in [3.8, 4) is 12.1 Å². The predicted molar refractivity (Wildman–Crippen MR) is 82.9 cm³/mol. The lowest BCUT2D eigenvalue weighted by molar-refractivity contribution is -0.119. The predicted octanol–water partition coefficient (Wildman–Crippen LogP) is 1.07. The topological polar surface area (TPSA) is 137 Å². The van der Waals surface area contributed by atoms with Crippen LogP contribution in [0.15, 0.2) is 29.4 Å². The van der Waals surface area contributed by atoms with Gasteiger partial charge >= 0.3 is 7.60 Å². The number of para-hydroxylation sites is 1. The molecule has 2 N–H and O–H groups in total. The first-order valence-corrected chi connectivity index (χ1v) is 8.31. The van der Waals surface area contributed by atoms with Gasteiger partial charge in [-0.25, -0.2) is 0 Å². The second-order valence-corrected chi connectivity index (χ2v) is 7.28. The van der Waals surface area contributed by atoms with E-state index in [2.05, 4.69) is 15.8 Å². The van der Waals surface area contributed by atoms with Crippen molar-refractivity contribution >= 4 is 24.6 Å². The summed E-state index contributed by atoms with van der Waals surface area (Å²) in [7, 11) is -1.74. The van der Waals surface area contributed by atoms with Gasteiger partial charge in [-0.15, -0.1) is 0 Å². The minimum Gasteiger partial charge on any atom is -0.325 e. The van der Waals surface area contributed by atoms with Crippen molar-refractivity contribution in [2.45, 2.75) is 11.0 Å². The summed E-state index contributed by atoms with van der Waals surface area (Å²) in [5, 5.41) is 25.8. The molecule has 0 saturated heterocycles. The third-order valence-electron chi connectivity index (χ3n) is 4.22.